The monoisotopic (exact) mass is 342 g/mol. The molecule has 2 aliphatic heterocycles. The third-order valence-corrected chi connectivity index (χ3v) is 6.88. The number of hydrogen-bond donors (Lipinski definition) is 0. The van der Waals surface area contributed by atoms with E-state index in [9.17, 15) is 0 Å². The second kappa shape index (κ2) is 11.3. The molecule has 2 heterocycles. The van der Waals surface area contributed by atoms with E-state index in [1.54, 1.807) is 0 Å². The zero-order chi connectivity index (χ0) is 15.0. The maximum absolute atomic E-state index is 6.36. The number of ether oxygens (including phenoxy) is 1. The van der Waals surface area contributed by atoms with Gasteiger partial charge in [0.25, 0.3) is 0 Å². The van der Waals surface area contributed by atoms with Crippen molar-refractivity contribution in [1.82, 2.24) is 4.90 Å². The standard InChI is InChI=1S/C14H29N2O4Si.Mg.H/c1-3-18-21(19-4-2)11-5-10-17-13-14(20-21)12-16-8-6-15-7-9-16;;/h14H,3-13H2,1-2H3;;/q-1;+2;-1. The predicted molar refractivity (Wildman–Crippen MR) is 90.5 cm³/mol. The van der Waals surface area contributed by atoms with E-state index in [2.05, 4.69) is 10.2 Å². The summed E-state index contributed by atoms with van der Waals surface area (Å²) in [7, 11) is -2.54. The van der Waals surface area contributed by atoms with Crippen molar-refractivity contribution in [2.45, 2.75) is 32.4 Å². The average molecular weight is 343 g/mol. The summed E-state index contributed by atoms with van der Waals surface area (Å²) in [6.45, 7) is 11.4. The van der Waals surface area contributed by atoms with Gasteiger partial charge in [0.15, 0.2) is 0 Å². The van der Waals surface area contributed by atoms with Crippen LogP contribution in [0.1, 0.15) is 21.7 Å². The van der Waals surface area contributed by atoms with Gasteiger partial charge in [0.1, 0.15) is 0 Å². The normalized spacial score (nSPS) is 26.7. The third-order valence-electron chi connectivity index (χ3n) is 3.76. The summed E-state index contributed by atoms with van der Waals surface area (Å²) >= 11 is 0. The van der Waals surface area contributed by atoms with Crippen LogP contribution in [0.15, 0.2) is 0 Å². The number of piperazine rings is 1. The van der Waals surface area contributed by atoms with E-state index in [-0.39, 0.29) is 30.6 Å². The Morgan fingerprint density at radius 1 is 1.23 bits per heavy atom. The van der Waals surface area contributed by atoms with Crippen molar-refractivity contribution in [3.8, 4) is 0 Å². The zero-order valence-electron chi connectivity index (χ0n) is 15.1. The fourth-order valence-corrected chi connectivity index (χ4v) is 5.59. The predicted octanol–water partition coefficient (Wildman–Crippen LogP) is 1.22. The fraction of sp³-hybridized carbons (Fsp3) is 1.00. The van der Waals surface area contributed by atoms with Crippen LogP contribution in [-0.4, -0.2) is 102 Å². The van der Waals surface area contributed by atoms with Crippen molar-refractivity contribution in [2.75, 3.05) is 59.2 Å². The van der Waals surface area contributed by atoms with Crippen LogP contribution in [0.4, 0.5) is 0 Å². The molecular weight excluding hydrogens is 313 g/mol. The van der Waals surface area contributed by atoms with Crippen LogP contribution in [0, 0.1) is 0 Å². The smallest absolute Gasteiger partial charge is 1.00 e. The van der Waals surface area contributed by atoms with Crippen molar-refractivity contribution in [3.63, 3.8) is 0 Å². The second-order valence-electron chi connectivity index (χ2n) is 5.44. The van der Waals surface area contributed by atoms with E-state index in [0.29, 0.717) is 19.8 Å². The molecule has 8 heteroatoms. The van der Waals surface area contributed by atoms with Crippen LogP contribution in [0.3, 0.4) is 0 Å². The summed E-state index contributed by atoms with van der Waals surface area (Å²) in [5.74, 6) is 0. The number of hydrogen-bond acceptors (Lipinski definition) is 5. The molecule has 0 radical (unpaired) electrons. The molecule has 2 fully saturated rings. The summed E-state index contributed by atoms with van der Waals surface area (Å²) in [4.78, 5) is 2.40. The van der Waals surface area contributed by atoms with Crippen LogP contribution in [-0.2, 0) is 18.0 Å². The van der Waals surface area contributed by atoms with Gasteiger partial charge in [-0.05, 0) is 33.4 Å². The minimum Gasteiger partial charge on any atom is -1.00 e. The van der Waals surface area contributed by atoms with Crippen molar-refractivity contribution < 1.29 is 19.4 Å². The van der Waals surface area contributed by atoms with E-state index >= 15 is 0 Å². The minimum absolute atomic E-state index is 0. The topological polar surface area (TPSA) is 54.3 Å². The molecule has 0 N–H and O–H groups in total. The quantitative estimate of drug-likeness (QED) is 0.679. The number of rotatable bonds is 6. The van der Waals surface area contributed by atoms with Gasteiger partial charge < -0.3 is 29.7 Å². The molecule has 6 nitrogen and oxygen atoms in total. The van der Waals surface area contributed by atoms with E-state index in [4.69, 9.17) is 18.0 Å². The molecule has 1 unspecified atom stereocenters. The summed E-state index contributed by atoms with van der Waals surface area (Å²) in [6, 6.07) is 0.848. The summed E-state index contributed by atoms with van der Waals surface area (Å²) in [5, 5.41) is 4.39. The molecule has 2 aliphatic rings. The maximum atomic E-state index is 6.36. The molecule has 0 aromatic heterocycles. The Labute approximate surface area is 153 Å². The van der Waals surface area contributed by atoms with Gasteiger partial charge in [0, 0.05) is 32.4 Å². The average Bonchev–Trinajstić information content (AvgIpc) is 2.46. The third kappa shape index (κ3) is 6.70. The Balaban J connectivity index is 0.00000242. The van der Waals surface area contributed by atoms with E-state index in [1.807, 2.05) is 13.8 Å². The van der Waals surface area contributed by atoms with E-state index in [1.165, 1.54) is 0 Å². The summed E-state index contributed by atoms with van der Waals surface area (Å²) in [5.41, 5.74) is 0. The van der Waals surface area contributed by atoms with Crippen molar-refractivity contribution >= 4 is 31.9 Å². The van der Waals surface area contributed by atoms with Gasteiger partial charge in [-0.2, -0.15) is 0 Å². The molecule has 2 saturated heterocycles. The maximum Gasteiger partial charge on any atom is 2.00 e. The molecule has 22 heavy (non-hydrogen) atoms. The molecule has 126 valence electrons. The molecule has 0 aromatic rings. The molecule has 0 bridgehead atoms. The second-order valence-corrected chi connectivity index (χ2v) is 8.12. The molecule has 0 spiro atoms. The van der Waals surface area contributed by atoms with Crippen LogP contribution in [0.5, 0.6) is 0 Å². The Morgan fingerprint density at radius 3 is 2.55 bits per heavy atom. The van der Waals surface area contributed by atoms with Crippen LogP contribution >= 0.6 is 0 Å². The van der Waals surface area contributed by atoms with E-state index < -0.39 is 8.80 Å². The Bertz CT molecular complexity index is 296. The first-order valence-corrected chi connectivity index (χ1v) is 10.1. The Kier molecular flexibility index (Phi) is 10.7. The molecule has 2 rings (SSSR count). The Morgan fingerprint density at radius 2 is 1.91 bits per heavy atom. The van der Waals surface area contributed by atoms with E-state index in [0.717, 1.165) is 51.8 Å². The fourth-order valence-electron chi connectivity index (χ4n) is 2.85. The van der Waals surface area contributed by atoms with Crippen LogP contribution in [0.2, 0.25) is 6.04 Å². The van der Waals surface area contributed by atoms with Gasteiger partial charge >= 0.3 is 31.9 Å². The van der Waals surface area contributed by atoms with Gasteiger partial charge in [0.05, 0.1) is 12.7 Å². The molecule has 0 aromatic carbocycles. The van der Waals surface area contributed by atoms with Crippen LogP contribution in [0.25, 0.3) is 5.32 Å². The van der Waals surface area contributed by atoms with Gasteiger partial charge in [-0.15, -0.1) is 13.1 Å². The summed E-state index contributed by atoms with van der Waals surface area (Å²) in [6.07, 6.45) is 0.981. The SMILES string of the molecule is CCO[Si]1(OCC)CCCOCC(CN2CC[N-]CC2)O1.[H-].[Mg+2]. The first kappa shape index (κ1) is 20.8. The molecule has 0 aliphatic carbocycles. The first-order chi connectivity index (χ1) is 10.3. The molecular formula is C14H30MgN2O4Si. The van der Waals surface area contributed by atoms with Gasteiger partial charge in [0.2, 0.25) is 0 Å². The van der Waals surface area contributed by atoms with Gasteiger partial charge in [-0.1, -0.05) is 0 Å². The van der Waals surface area contributed by atoms with Crippen molar-refractivity contribution in [3.05, 3.63) is 5.32 Å². The van der Waals surface area contributed by atoms with Crippen LogP contribution < -0.4 is 0 Å². The first-order valence-electron chi connectivity index (χ1n) is 8.17. The molecule has 1 atom stereocenters. The molecule has 0 amide bonds. The summed E-state index contributed by atoms with van der Waals surface area (Å²) < 4.78 is 24.0. The zero-order valence-corrected chi connectivity index (χ0v) is 16.5. The Hall–Kier alpha value is 0.743. The van der Waals surface area contributed by atoms with Crippen molar-refractivity contribution in [1.29, 1.82) is 0 Å². The minimum atomic E-state index is -2.54. The van der Waals surface area contributed by atoms with Crippen molar-refractivity contribution in [2.24, 2.45) is 0 Å². The molecule has 0 saturated carbocycles. The van der Waals surface area contributed by atoms with Gasteiger partial charge in [-0.3, -0.25) is 0 Å². The largest absolute Gasteiger partial charge is 2.00 e. The van der Waals surface area contributed by atoms with Gasteiger partial charge in [-0.25, -0.2) is 0 Å². The number of nitrogens with zero attached hydrogens (tertiary/aromatic N) is 2.